The van der Waals surface area contributed by atoms with Crippen LogP contribution in [0.5, 0.6) is 5.75 Å². The van der Waals surface area contributed by atoms with Gasteiger partial charge in [-0.2, -0.15) is 0 Å². The van der Waals surface area contributed by atoms with Gasteiger partial charge in [0.1, 0.15) is 5.75 Å². The van der Waals surface area contributed by atoms with Crippen LogP contribution in [0.3, 0.4) is 0 Å². The highest BCUT2D eigenvalue weighted by Gasteiger charge is 2.46. The van der Waals surface area contributed by atoms with Gasteiger partial charge in [0, 0.05) is 37.6 Å². The van der Waals surface area contributed by atoms with Gasteiger partial charge in [0.2, 0.25) is 0 Å². The van der Waals surface area contributed by atoms with Gasteiger partial charge < -0.3 is 19.9 Å². The summed E-state index contributed by atoms with van der Waals surface area (Å²) >= 11 is 0. The van der Waals surface area contributed by atoms with Gasteiger partial charge in [0.05, 0.1) is 12.7 Å². The van der Waals surface area contributed by atoms with E-state index in [1.165, 1.54) is 11.1 Å². The van der Waals surface area contributed by atoms with Gasteiger partial charge in [0.25, 0.3) is 0 Å². The van der Waals surface area contributed by atoms with Crippen molar-refractivity contribution in [1.82, 2.24) is 5.32 Å². The van der Waals surface area contributed by atoms with Crippen LogP contribution in [0.15, 0.2) is 54.6 Å². The molecule has 0 aliphatic carbocycles. The molecule has 2 atom stereocenters. The molecule has 0 spiro atoms. The van der Waals surface area contributed by atoms with Crippen LogP contribution in [0.2, 0.25) is 0 Å². The minimum atomic E-state index is -0.197. The zero-order chi connectivity index (χ0) is 20.0. The molecule has 2 aromatic rings. The van der Waals surface area contributed by atoms with E-state index in [1.54, 1.807) is 7.11 Å². The lowest BCUT2D eigenvalue weighted by Crippen LogP contribution is -2.51. The fourth-order valence-corrected chi connectivity index (χ4v) is 4.58. The largest absolute Gasteiger partial charge is 0.497 e. The SMILES string of the molecule is COc1ccc(CNC[C@@H](CO)[C@@]2(c3ccccc3)CCOC(C)(C)C2)cc1. The molecule has 3 rings (SSSR count). The molecule has 28 heavy (non-hydrogen) atoms. The van der Waals surface area contributed by atoms with Crippen LogP contribution in [-0.2, 0) is 16.7 Å². The van der Waals surface area contributed by atoms with Crippen molar-refractivity contribution in [3.05, 3.63) is 65.7 Å². The summed E-state index contributed by atoms with van der Waals surface area (Å²) in [5, 5.41) is 13.9. The third-order valence-electron chi connectivity index (χ3n) is 6.01. The number of hydrogen-bond donors (Lipinski definition) is 2. The second-order valence-corrected chi connectivity index (χ2v) is 8.42. The predicted octanol–water partition coefficient (Wildman–Crippen LogP) is 3.92. The molecule has 1 heterocycles. The highest BCUT2D eigenvalue weighted by Crippen LogP contribution is 2.46. The fourth-order valence-electron chi connectivity index (χ4n) is 4.58. The zero-order valence-electron chi connectivity index (χ0n) is 17.3. The third-order valence-corrected chi connectivity index (χ3v) is 6.01. The average molecular weight is 384 g/mol. The first-order valence-corrected chi connectivity index (χ1v) is 10.1. The zero-order valence-corrected chi connectivity index (χ0v) is 17.3. The summed E-state index contributed by atoms with van der Waals surface area (Å²) in [6.07, 6.45) is 1.83. The smallest absolute Gasteiger partial charge is 0.118 e. The standard InChI is InChI=1S/C24H33NO3/c1-23(2)18-24(13-14-28-23,20-7-5-4-6-8-20)21(17-26)16-25-15-19-9-11-22(27-3)12-10-19/h4-12,21,25-26H,13-18H2,1-3H3/t21-,24-/m0/s1. The molecule has 152 valence electrons. The van der Waals surface area contributed by atoms with Gasteiger partial charge in [-0.25, -0.2) is 0 Å². The lowest BCUT2D eigenvalue weighted by Gasteiger charge is -2.49. The van der Waals surface area contributed by atoms with Crippen molar-refractivity contribution in [2.24, 2.45) is 5.92 Å². The Balaban J connectivity index is 1.75. The second-order valence-electron chi connectivity index (χ2n) is 8.42. The summed E-state index contributed by atoms with van der Waals surface area (Å²) in [5.41, 5.74) is 2.22. The number of ether oxygens (including phenoxy) is 2. The fraction of sp³-hybridized carbons (Fsp3) is 0.500. The first kappa shape index (κ1) is 20.8. The van der Waals surface area contributed by atoms with E-state index in [2.05, 4.69) is 61.6 Å². The lowest BCUT2D eigenvalue weighted by molar-refractivity contribution is -0.0991. The van der Waals surface area contributed by atoms with Gasteiger partial charge in [-0.1, -0.05) is 42.5 Å². The van der Waals surface area contributed by atoms with Crippen molar-refractivity contribution in [2.75, 3.05) is 26.9 Å². The predicted molar refractivity (Wildman–Crippen MR) is 113 cm³/mol. The average Bonchev–Trinajstić information content (AvgIpc) is 2.71. The number of aliphatic hydroxyl groups is 1. The van der Waals surface area contributed by atoms with Gasteiger partial charge >= 0.3 is 0 Å². The first-order valence-electron chi connectivity index (χ1n) is 10.1. The molecule has 2 aromatic carbocycles. The molecule has 2 N–H and O–H groups in total. The molecule has 0 amide bonds. The van der Waals surface area contributed by atoms with E-state index < -0.39 is 0 Å². The number of methoxy groups -OCH3 is 1. The molecular formula is C24H33NO3. The van der Waals surface area contributed by atoms with Crippen LogP contribution in [0.25, 0.3) is 0 Å². The monoisotopic (exact) mass is 383 g/mol. The van der Waals surface area contributed by atoms with E-state index in [0.717, 1.165) is 38.3 Å². The molecule has 4 nitrogen and oxygen atoms in total. The molecule has 0 saturated carbocycles. The van der Waals surface area contributed by atoms with Crippen molar-refractivity contribution < 1.29 is 14.6 Å². The molecule has 1 aliphatic heterocycles. The Morgan fingerprint density at radius 1 is 1.11 bits per heavy atom. The maximum absolute atomic E-state index is 10.3. The highest BCUT2D eigenvalue weighted by molar-refractivity contribution is 5.29. The van der Waals surface area contributed by atoms with Gasteiger partial charge in [-0.15, -0.1) is 0 Å². The summed E-state index contributed by atoms with van der Waals surface area (Å²) in [6.45, 7) is 6.71. The van der Waals surface area contributed by atoms with Crippen LogP contribution >= 0.6 is 0 Å². The topological polar surface area (TPSA) is 50.7 Å². The minimum Gasteiger partial charge on any atom is -0.497 e. The van der Waals surface area contributed by atoms with Crippen molar-refractivity contribution in [3.8, 4) is 5.75 Å². The van der Waals surface area contributed by atoms with E-state index in [0.29, 0.717) is 0 Å². The Morgan fingerprint density at radius 3 is 2.43 bits per heavy atom. The van der Waals surface area contributed by atoms with Gasteiger partial charge in [0.15, 0.2) is 0 Å². The normalized spacial score (nSPS) is 22.6. The molecule has 1 fully saturated rings. The van der Waals surface area contributed by atoms with Crippen LogP contribution in [0, 0.1) is 5.92 Å². The Hall–Kier alpha value is -1.88. The van der Waals surface area contributed by atoms with E-state index in [-0.39, 0.29) is 23.5 Å². The second kappa shape index (κ2) is 9.08. The van der Waals surface area contributed by atoms with E-state index >= 15 is 0 Å². The van der Waals surface area contributed by atoms with Gasteiger partial charge in [-0.05, 0) is 49.9 Å². The van der Waals surface area contributed by atoms with E-state index in [9.17, 15) is 5.11 Å². The lowest BCUT2D eigenvalue weighted by atomic mass is 9.62. The summed E-state index contributed by atoms with van der Waals surface area (Å²) < 4.78 is 11.2. The number of nitrogens with one attached hydrogen (secondary N) is 1. The van der Waals surface area contributed by atoms with Crippen molar-refractivity contribution in [3.63, 3.8) is 0 Å². The molecule has 0 bridgehead atoms. The molecule has 0 unspecified atom stereocenters. The Kier molecular flexibility index (Phi) is 6.76. The molecule has 0 radical (unpaired) electrons. The Morgan fingerprint density at radius 2 is 1.82 bits per heavy atom. The summed E-state index contributed by atoms with van der Waals surface area (Å²) in [5.74, 6) is 0.987. The van der Waals surface area contributed by atoms with Gasteiger partial charge in [-0.3, -0.25) is 0 Å². The van der Waals surface area contributed by atoms with E-state index in [4.69, 9.17) is 9.47 Å². The molecular weight excluding hydrogens is 350 g/mol. The van der Waals surface area contributed by atoms with Crippen LogP contribution in [0.4, 0.5) is 0 Å². The number of rotatable bonds is 8. The van der Waals surface area contributed by atoms with Crippen molar-refractivity contribution in [1.29, 1.82) is 0 Å². The summed E-state index contributed by atoms with van der Waals surface area (Å²) in [6, 6.07) is 18.8. The number of aliphatic hydroxyl groups excluding tert-OH is 1. The Labute approximate surface area is 168 Å². The van der Waals surface area contributed by atoms with Crippen LogP contribution < -0.4 is 10.1 Å². The summed E-state index contributed by atoms with van der Waals surface area (Å²) in [7, 11) is 1.68. The molecule has 1 saturated heterocycles. The third kappa shape index (κ3) is 4.75. The van der Waals surface area contributed by atoms with Crippen molar-refractivity contribution >= 4 is 0 Å². The molecule has 1 aliphatic rings. The van der Waals surface area contributed by atoms with E-state index in [1.807, 2.05) is 12.1 Å². The maximum Gasteiger partial charge on any atom is 0.118 e. The summed E-state index contributed by atoms with van der Waals surface area (Å²) in [4.78, 5) is 0. The maximum atomic E-state index is 10.3. The molecule has 4 heteroatoms. The number of hydrogen-bond acceptors (Lipinski definition) is 4. The minimum absolute atomic E-state index is 0.0926. The Bertz CT molecular complexity index is 729. The van der Waals surface area contributed by atoms with Crippen molar-refractivity contribution in [2.45, 2.75) is 44.2 Å². The quantitative estimate of drug-likeness (QED) is 0.725. The number of benzene rings is 2. The van der Waals surface area contributed by atoms with Crippen LogP contribution in [-0.4, -0.2) is 37.6 Å². The van der Waals surface area contributed by atoms with Crippen LogP contribution in [0.1, 0.15) is 37.8 Å². The highest BCUT2D eigenvalue weighted by atomic mass is 16.5. The molecule has 0 aromatic heterocycles. The first-order chi connectivity index (χ1) is 13.5.